The molecule has 0 aromatic rings. The highest BCUT2D eigenvalue weighted by Crippen LogP contribution is 2.53. The molecule has 0 bridgehead atoms. The summed E-state index contributed by atoms with van der Waals surface area (Å²) < 4.78 is 131. The number of aliphatic hydroxyl groups is 2. The lowest BCUT2D eigenvalue weighted by molar-refractivity contribution is -0.458. The SMILES string of the molecule is OC(O)(C(C(F)(F)F)C(F)(F)F)C(F)(F)C(F)(F)F. The third kappa shape index (κ3) is 3.19. The van der Waals surface area contributed by atoms with E-state index in [1.807, 2.05) is 0 Å². The Labute approximate surface area is 96.0 Å². The molecule has 19 heavy (non-hydrogen) atoms. The monoisotopic (exact) mass is 316 g/mol. The van der Waals surface area contributed by atoms with Gasteiger partial charge in [0.15, 0.2) is 0 Å². The summed E-state index contributed by atoms with van der Waals surface area (Å²) in [7, 11) is 0. The van der Waals surface area contributed by atoms with Gasteiger partial charge in [-0.3, -0.25) is 0 Å². The zero-order valence-corrected chi connectivity index (χ0v) is 8.13. The zero-order chi connectivity index (χ0) is 16.1. The van der Waals surface area contributed by atoms with E-state index in [9.17, 15) is 48.3 Å². The molecule has 0 fully saturated rings. The van der Waals surface area contributed by atoms with Gasteiger partial charge < -0.3 is 10.2 Å². The summed E-state index contributed by atoms with van der Waals surface area (Å²) in [5.41, 5.74) is 0. The van der Waals surface area contributed by atoms with Gasteiger partial charge in [0.25, 0.3) is 5.79 Å². The summed E-state index contributed by atoms with van der Waals surface area (Å²) >= 11 is 0. The van der Waals surface area contributed by atoms with Crippen molar-refractivity contribution in [2.45, 2.75) is 30.2 Å². The molecule has 0 aromatic carbocycles. The predicted molar refractivity (Wildman–Crippen MR) is 33.8 cm³/mol. The van der Waals surface area contributed by atoms with Gasteiger partial charge in [0.1, 0.15) is 0 Å². The molecular formula is C6H3F11O2. The van der Waals surface area contributed by atoms with Crippen LogP contribution in [0.15, 0.2) is 0 Å². The van der Waals surface area contributed by atoms with Crippen LogP contribution in [0.1, 0.15) is 0 Å². The van der Waals surface area contributed by atoms with E-state index in [1.165, 1.54) is 0 Å². The second-order valence-corrected chi connectivity index (χ2v) is 3.31. The Morgan fingerprint density at radius 1 is 0.579 bits per heavy atom. The predicted octanol–water partition coefficient (Wildman–Crippen LogP) is 2.61. The third-order valence-electron chi connectivity index (χ3n) is 1.88. The third-order valence-corrected chi connectivity index (χ3v) is 1.88. The second kappa shape index (κ2) is 4.33. The Hall–Kier alpha value is -0.850. The summed E-state index contributed by atoms with van der Waals surface area (Å²) in [4.78, 5) is 0. The maximum absolute atomic E-state index is 12.4. The van der Waals surface area contributed by atoms with Crippen molar-refractivity contribution in [3.63, 3.8) is 0 Å². The topological polar surface area (TPSA) is 40.5 Å². The van der Waals surface area contributed by atoms with Crippen molar-refractivity contribution in [2.75, 3.05) is 0 Å². The van der Waals surface area contributed by atoms with Crippen molar-refractivity contribution < 1.29 is 58.5 Å². The first-order valence-electron chi connectivity index (χ1n) is 3.89. The fourth-order valence-corrected chi connectivity index (χ4v) is 1.03. The molecule has 0 aliphatic heterocycles. The van der Waals surface area contributed by atoms with E-state index in [4.69, 9.17) is 10.2 Å². The maximum atomic E-state index is 12.4. The van der Waals surface area contributed by atoms with E-state index in [-0.39, 0.29) is 0 Å². The Morgan fingerprint density at radius 2 is 0.842 bits per heavy atom. The summed E-state index contributed by atoms with van der Waals surface area (Å²) in [6, 6.07) is 0. The lowest BCUT2D eigenvalue weighted by atomic mass is 9.91. The Balaban J connectivity index is 5.97. The van der Waals surface area contributed by atoms with Crippen molar-refractivity contribution in [2.24, 2.45) is 5.92 Å². The largest absolute Gasteiger partial charge is 0.459 e. The van der Waals surface area contributed by atoms with Crippen LogP contribution >= 0.6 is 0 Å². The van der Waals surface area contributed by atoms with E-state index in [0.29, 0.717) is 0 Å². The molecule has 0 rings (SSSR count). The summed E-state index contributed by atoms with van der Waals surface area (Å²) in [6.07, 6.45) is -20.6. The van der Waals surface area contributed by atoms with Crippen molar-refractivity contribution in [3.05, 3.63) is 0 Å². The molecule has 2 N–H and O–H groups in total. The molecule has 0 amide bonds. The maximum Gasteiger partial charge on any atom is 0.459 e. The van der Waals surface area contributed by atoms with Gasteiger partial charge in [0.2, 0.25) is 5.92 Å². The van der Waals surface area contributed by atoms with Crippen LogP contribution in [0.4, 0.5) is 48.3 Å². The smallest absolute Gasteiger partial charge is 0.360 e. The fourth-order valence-electron chi connectivity index (χ4n) is 1.03. The first-order valence-corrected chi connectivity index (χ1v) is 3.89. The van der Waals surface area contributed by atoms with E-state index >= 15 is 0 Å². The number of hydrogen-bond donors (Lipinski definition) is 2. The molecule has 116 valence electrons. The number of alkyl halides is 11. The van der Waals surface area contributed by atoms with E-state index < -0.39 is 36.2 Å². The minimum atomic E-state index is -7.06. The minimum Gasteiger partial charge on any atom is -0.360 e. The highest BCUT2D eigenvalue weighted by molar-refractivity contribution is 4.99. The van der Waals surface area contributed by atoms with Crippen LogP contribution in [-0.4, -0.2) is 40.5 Å². The van der Waals surface area contributed by atoms with Gasteiger partial charge in [-0.25, -0.2) is 0 Å². The Kier molecular flexibility index (Phi) is 4.13. The molecule has 0 aliphatic rings. The zero-order valence-electron chi connectivity index (χ0n) is 8.13. The Morgan fingerprint density at radius 3 is 1.00 bits per heavy atom. The van der Waals surface area contributed by atoms with Gasteiger partial charge in [-0.1, -0.05) is 0 Å². The van der Waals surface area contributed by atoms with Gasteiger partial charge in [-0.15, -0.1) is 0 Å². The van der Waals surface area contributed by atoms with Gasteiger partial charge in [0.05, 0.1) is 0 Å². The van der Waals surface area contributed by atoms with E-state index in [1.54, 1.807) is 0 Å². The molecule has 2 nitrogen and oxygen atoms in total. The van der Waals surface area contributed by atoms with Gasteiger partial charge >= 0.3 is 24.5 Å². The van der Waals surface area contributed by atoms with Crippen LogP contribution in [0.25, 0.3) is 0 Å². The summed E-state index contributed by atoms with van der Waals surface area (Å²) in [5.74, 6) is -19.2. The van der Waals surface area contributed by atoms with E-state index in [0.717, 1.165) is 0 Å². The number of rotatable bonds is 2. The number of hydrogen-bond acceptors (Lipinski definition) is 2. The normalized spacial score (nSPS) is 16.1. The van der Waals surface area contributed by atoms with Crippen LogP contribution in [0, 0.1) is 5.92 Å². The van der Waals surface area contributed by atoms with Crippen LogP contribution in [-0.2, 0) is 0 Å². The van der Waals surface area contributed by atoms with Crippen molar-refractivity contribution in [3.8, 4) is 0 Å². The van der Waals surface area contributed by atoms with Crippen LogP contribution in [0.5, 0.6) is 0 Å². The van der Waals surface area contributed by atoms with Gasteiger partial charge in [-0.2, -0.15) is 48.3 Å². The first-order chi connectivity index (χ1) is 7.87. The average Bonchev–Trinajstić information content (AvgIpc) is 1.92. The Bertz CT molecular complexity index is 308. The van der Waals surface area contributed by atoms with Crippen molar-refractivity contribution >= 4 is 0 Å². The van der Waals surface area contributed by atoms with Crippen molar-refractivity contribution in [1.29, 1.82) is 0 Å². The molecule has 0 aromatic heterocycles. The first kappa shape index (κ1) is 18.1. The van der Waals surface area contributed by atoms with Crippen LogP contribution in [0.3, 0.4) is 0 Å². The van der Waals surface area contributed by atoms with Crippen molar-refractivity contribution in [1.82, 2.24) is 0 Å². The minimum absolute atomic E-state index is 5.70. The molecule has 0 spiro atoms. The average molecular weight is 316 g/mol. The van der Waals surface area contributed by atoms with Gasteiger partial charge in [0, 0.05) is 0 Å². The molecule has 13 heteroatoms. The molecule has 0 saturated carbocycles. The van der Waals surface area contributed by atoms with E-state index in [2.05, 4.69) is 0 Å². The second-order valence-electron chi connectivity index (χ2n) is 3.31. The molecule has 0 heterocycles. The molecule has 0 aliphatic carbocycles. The molecule has 0 atom stereocenters. The molecule has 0 radical (unpaired) electrons. The quantitative estimate of drug-likeness (QED) is 0.607. The standard InChI is InChI=1S/C6H3F11O2/c7-3(8,9)1(4(10,11)12)2(18,19)5(13,14)6(15,16)17/h1,18-19H. The summed E-state index contributed by atoms with van der Waals surface area (Å²) in [5, 5.41) is 16.3. The van der Waals surface area contributed by atoms with Crippen LogP contribution < -0.4 is 0 Å². The lowest BCUT2D eigenvalue weighted by Gasteiger charge is -2.39. The molecule has 0 saturated heterocycles. The fraction of sp³-hybridized carbons (Fsp3) is 1.00. The highest BCUT2D eigenvalue weighted by atomic mass is 19.4. The molecule has 0 unspecified atom stereocenters. The summed E-state index contributed by atoms with van der Waals surface area (Å²) in [6.45, 7) is 0. The molecular weight excluding hydrogens is 313 g/mol. The number of halogens is 11. The van der Waals surface area contributed by atoms with Crippen LogP contribution in [0.2, 0.25) is 0 Å². The van der Waals surface area contributed by atoms with Gasteiger partial charge in [-0.05, 0) is 0 Å². The highest BCUT2D eigenvalue weighted by Gasteiger charge is 2.81. The lowest BCUT2D eigenvalue weighted by Crippen LogP contribution is -2.67.